The van der Waals surface area contributed by atoms with Crippen molar-refractivity contribution in [2.45, 2.75) is 19.9 Å². The van der Waals surface area contributed by atoms with Crippen LogP contribution in [0, 0.1) is 6.92 Å². The second-order valence-electron chi connectivity index (χ2n) is 3.64. The van der Waals surface area contributed by atoms with Gasteiger partial charge in [-0.2, -0.15) is 0 Å². The van der Waals surface area contributed by atoms with Crippen molar-refractivity contribution in [3.8, 4) is 0 Å². The molecule has 2 nitrogen and oxygen atoms in total. The highest BCUT2D eigenvalue weighted by Crippen LogP contribution is 2.21. The Morgan fingerprint density at radius 2 is 2.15 bits per heavy atom. The number of carbonyl (C=O) groups is 1. The normalized spacial score (nSPS) is 15.8. The molecule has 0 N–H and O–H groups in total. The number of benzene rings is 1. The van der Waals surface area contributed by atoms with Gasteiger partial charge in [0.05, 0.1) is 6.42 Å². The number of amides is 1. The quantitative estimate of drug-likeness (QED) is 0.585. The van der Waals surface area contributed by atoms with Gasteiger partial charge < -0.3 is 4.90 Å². The monoisotopic (exact) mass is 175 g/mol. The van der Waals surface area contributed by atoms with Crippen LogP contribution in [-0.2, 0) is 17.8 Å². The number of aryl methyl sites for hydroxylation is 1. The molecule has 0 bridgehead atoms. The minimum Gasteiger partial charge on any atom is -0.341 e. The average Bonchev–Trinajstić information content (AvgIpc) is 2.09. The first-order valence-corrected chi connectivity index (χ1v) is 4.50. The Hall–Kier alpha value is -1.31. The lowest BCUT2D eigenvalue weighted by Gasteiger charge is -2.26. The lowest BCUT2D eigenvalue weighted by atomic mass is 9.95. The third kappa shape index (κ3) is 1.32. The zero-order valence-corrected chi connectivity index (χ0v) is 8.00. The number of fused-ring (bicyclic) bond motifs is 1. The van der Waals surface area contributed by atoms with Crippen LogP contribution in [0.4, 0.5) is 0 Å². The van der Waals surface area contributed by atoms with Gasteiger partial charge in [0.15, 0.2) is 0 Å². The first kappa shape index (κ1) is 8.30. The molecule has 0 aromatic heterocycles. The van der Waals surface area contributed by atoms with E-state index >= 15 is 0 Å². The van der Waals surface area contributed by atoms with E-state index in [-0.39, 0.29) is 5.91 Å². The summed E-state index contributed by atoms with van der Waals surface area (Å²) < 4.78 is 0. The van der Waals surface area contributed by atoms with Gasteiger partial charge in [-0.3, -0.25) is 4.79 Å². The van der Waals surface area contributed by atoms with Crippen LogP contribution in [0.5, 0.6) is 0 Å². The van der Waals surface area contributed by atoms with Crippen LogP contribution in [-0.4, -0.2) is 17.9 Å². The predicted molar refractivity (Wildman–Crippen MR) is 51.4 cm³/mol. The van der Waals surface area contributed by atoms with Gasteiger partial charge in [-0.05, 0) is 23.6 Å². The van der Waals surface area contributed by atoms with Crippen molar-refractivity contribution >= 4 is 5.91 Å². The van der Waals surface area contributed by atoms with Gasteiger partial charge in [0.1, 0.15) is 0 Å². The fourth-order valence-corrected chi connectivity index (χ4v) is 1.79. The molecule has 2 rings (SSSR count). The number of rotatable bonds is 0. The summed E-state index contributed by atoms with van der Waals surface area (Å²) >= 11 is 0. The van der Waals surface area contributed by atoms with Crippen LogP contribution >= 0.6 is 0 Å². The number of hydrogen-bond donors (Lipinski definition) is 0. The molecule has 68 valence electrons. The van der Waals surface area contributed by atoms with E-state index in [2.05, 4.69) is 25.1 Å². The molecule has 0 radical (unpaired) electrons. The van der Waals surface area contributed by atoms with Crippen molar-refractivity contribution in [3.63, 3.8) is 0 Å². The summed E-state index contributed by atoms with van der Waals surface area (Å²) in [5.74, 6) is 0.224. The Morgan fingerprint density at radius 1 is 1.38 bits per heavy atom. The maximum absolute atomic E-state index is 11.4. The summed E-state index contributed by atoms with van der Waals surface area (Å²) in [7, 11) is 1.85. The summed E-state index contributed by atoms with van der Waals surface area (Å²) in [4.78, 5) is 13.2. The van der Waals surface area contributed by atoms with Gasteiger partial charge in [0, 0.05) is 13.6 Å². The van der Waals surface area contributed by atoms with Crippen molar-refractivity contribution in [1.82, 2.24) is 4.90 Å². The molecule has 1 heterocycles. The molecule has 1 aromatic rings. The van der Waals surface area contributed by atoms with Gasteiger partial charge in [0.25, 0.3) is 0 Å². The lowest BCUT2D eigenvalue weighted by molar-refractivity contribution is -0.130. The minimum absolute atomic E-state index is 0.224. The zero-order valence-electron chi connectivity index (χ0n) is 8.00. The van der Waals surface area contributed by atoms with Gasteiger partial charge in [-0.25, -0.2) is 0 Å². The third-order valence-corrected chi connectivity index (χ3v) is 2.67. The molecule has 1 aliphatic heterocycles. The lowest BCUT2D eigenvalue weighted by Crippen LogP contribution is -2.33. The van der Waals surface area contributed by atoms with E-state index < -0.39 is 0 Å². The van der Waals surface area contributed by atoms with E-state index in [4.69, 9.17) is 0 Å². The van der Waals surface area contributed by atoms with Crippen molar-refractivity contribution in [2.24, 2.45) is 0 Å². The summed E-state index contributed by atoms with van der Waals surface area (Å²) in [6.45, 7) is 2.83. The molecule has 0 aliphatic carbocycles. The van der Waals surface area contributed by atoms with E-state index in [1.54, 1.807) is 4.90 Å². The number of nitrogens with zero attached hydrogens (tertiary/aromatic N) is 1. The van der Waals surface area contributed by atoms with Gasteiger partial charge >= 0.3 is 0 Å². The van der Waals surface area contributed by atoms with Crippen LogP contribution in [0.3, 0.4) is 0 Å². The Kier molecular flexibility index (Phi) is 1.83. The van der Waals surface area contributed by atoms with Crippen LogP contribution < -0.4 is 0 Å². The minimum atomic E-state index is 0.224. The summed E-state index contributed by atoms with van der Waals surface area (Å²) in [6.07, 6.45) is 0.568. The topological polar surface area (TPSA) is 20.3 Å². The van der Waals surface area contributed by atoms with Gasteiger partial charge in [-0.1, -0.05) is 18.2 Å². The van der Waals surface area contributed by atoms with Crippen LogP contribution in [0.25, 0.3) is 0 Å². The van der Waals surface area contributed by atoms with Crippen LogP contribution in [0.2, 0.25) is 0 Å². The number of likely N-dealkylation sites (N-methyl/N-ethyl adjacent to an activating group) is 1. The zero-order chi connectivity index (χ0) is 9.42. The Bertz CT molecular complexity index is 357. The van der Waals surface area contributed by atoms with Gasteiger partial charge in [-0.15, -0.1) is 0 Å². The molecule has 13 heavy (non-hydrogen) atoms. The second-order valence-corrected chi connectivity index (χ2v) is 3.64. The molecule has 0 unspecified atom stereocenters. The molecular weight excluding hydrogens is 162 g/mol. The Balaban J connectivity index is 2.48. The smallest absolute Gasteiger partial charge is 0.227 e. The average molecular weight is 175 g/mol. The molecule has 0 fully saturated rings. The largest absolute Gasteiger partial charge is 0.341 e. The first-order valence-electron chi connectivity index (χ1n) is 4.50. The second kappa shape index (κ2) is 2.87. The molecule has 0 saturated carbocycles. The summed E-state index contributed by atoms with van der Waals surface area (Å²) in [5.41, 5.74) is 3.76. The molecule has 0 saturated heterocycles. The van der Waals surface area contributed by atoms with Crippen molar-refractivity contribution in [3.05, 3.63) is 34.9 Å². The maximum Gasteiger partial charge on any atom is 0.227 e. The fourth-order valence-electron chi connectivity index (χ4n) is 1.79. The summed E-state index contributed by atoms with van der Waals surface area (Å²) in [5, 5.41) is 0. The van der Waals surface area contributed by atoms with E-state index in [0.717, 1.165) is 6.54 Å². The highest BCUT2D eigenvalue weighted by Gasteiger charge is 2.20. The SMILES string of the molecule is Cc1cccc2c1CC(=O)N(C)C2. The molecule has 1 aromatic carbocycles. The van der Waals surface area contributed by atoms with Crippen molar-refractivity contribution in [2.75, 3.05) is 7.05 Å². The molecule has 2 heteroatoms. The van der Waals surface area contributed by atoms with E-state index in [0.29, 0.717) is 6.42 Å². The number of hydrogen-bond acceptors (Lipinski definition) is 1. The van der Waals surface area contributed by atoms with Crippen LogP contribution in [0.1, 0.15) is 16.7 Å². The summed E-state index contributed by atoms with van der Waals surface area (Å²) in [6, 6.07) is 6.22. The maximum atomic E-state index is 11.4. The van der Waals surface area contributed by atoms with E-state index in [1.165, 1.54) is 16.7 Å². The van der Waals surface area contributed by atoms with E-state index in [1.807, 2.05) is 7.05 Å². The van der Waals surface area contributed by atoms with Crippen molar-refractivity contribution < 1.29 is 4.79 Å². The highest BCUT2D eigenvalue weighted by atomic mass is 16.2. The highest BCUT2D eigenvalue weighted by molar-refractivity contribution is 5.81. The predicted octanol–water partition coefficient (Wildman–Crippen LogP) is 1.51. The van der Waals surface area contributed by atoms with Crippen LogP contribution in [0.15, 0.2) is 18.2 Å². The molecule has 1 aliphatic rings. The van der Waals surface area contributed by atoms with Gasteiger partial charge in [0.2, 0.25) is 5.91 Å². The Morgan fingerprint density at radius 3 is 2.92 bits per heavy atom. The molecule has 0 spiro atoms. The van der Waals surface area contributed by atoms with E-state index in [9.17, 15) is 4.79 Å². The first-order chi connectivity index (χ1) is 6.18. The Labute approximate surface area is 78.2 Å². The standard InChI is InChI=1S/C11H13NO/c1-8-4-3-5-9-7-12(2)11(13)6-10(8)9/h3-5H,6-7H2,1-2H3. The fraction of sp³-hybridized carbons (Fsp3) is 0.364. The molecule has 0 atom stereocenters. The van der Waals surface area contributed by atoms with Crippen molar-refractivity contribution in [1.29, 1.82) is 0 Å². The molecule has 1 amide bonds. The third-order valence-electron chi connectivity index (χ3n) is 2.67. The molecular formula is C11H13NO. The number of carbonyl (C=O) groups excluding carboxylic acids is 1.